The van der Waals surface area contributed by atoms with E-state index in [0.717, 1.165) is 12.2 Å². The zero-order valence-corrected chi connectivity index (χ0v) is 10.5. The second-order valence-corrected chi connectivity index (χ2v) is 5.12. The molecule has 0 fully saturated rings. The van der Waals surface area contributed by atoms with Gasteiger partial charge in [0.05, 0.1) is 0 Å². The first-order valence-electron chi connectivity index (χ1n) is 5.67. The Hall–Kier alpha value is -0.470. The van der Waals surface area contributed by atoms with Crippen molar-refractivity contribution < 1.29 is 0 Å². The Morgan fingerprint density at radius 2 is 1.93 bits per heavy atom. The third kappa shape index (κ3) is 5.24. The molecule has 2 N–H and O–H groups in total. The summed E-state index contributed by atoms with van der Waals surface area (Å²) in [6, 6.07) is 9.00. The largest absolute Gasteiger partial charge is 0.327 e. The molecule has 1 nitrogen and oxygen atoms in total. The summed E-state index contributed by atoms with van der Waals surface area (Å²) >= 11 is 1.86. The van der Waals surface area contributed by atoms with E-state index in [1.165, 1.54) is 23.3 Å². The lowest BCUT2D eigenvalue weighted by Gasteiger charge is -2.10. The molecule has 0 bridgehead atoms. The fourth-order valence-electron chi connectivity index (χ4n) is 1.39. The van der Waals surface area contributed by atoms with Crippen molar-refractivity contribution in [2.24, 2.45) is 5.73 Å². The Morgan fingerprint density at radius 1 is 1.27 bits per heavy atom. The monoisotopic (exact) mass is 223 g/mol. The van der Waals surface area contributed by atoms with Gasteiger partial charge in [-0.1, -0.05) is 37.5 Å². The van der Waals surface area contributed by atoms with E-state index in [2.05, 4.69) is 38.1 Å². The van der Waals surface area contributed by atoms with Gasteiger partial charge in [-0.3, -0.25) is 0 Å². The lowest BCUT2D eigenvalue weighted by atomic mass is 10.2. The van der Waals surface area contributed by atoms with Crippen LogP contribution in [0.2, 0.25) is 0 Å². The molecule has 0 aliphatic heterocycles. The van der Waals surface area contributed by atoms with Gasteiger partial charge in [0, 0.05) is 16.7 Å². The molecule has 1 aromatic rings. The summed E-state index contributed by atoms with van der Waals surface area (Å²) in [5.41, 5.74) is 7.33. The first-order chi connectivity index (χ1) is 7.22. The standard InChI is InChI=1S/C13H21NS/c1-3-4-5-12(14)10-15-13-8-6-11(2)7-9-13/h6-9,12H,3-5,10,14H2,1-2H3. The maximum Gasteiger partial charge on any atom is 0.0133 e. The van der Waals surface area contributed by atoms with E-state index < -0.39 is 0 Å². The average Bonchev–Trinajstić information content (AvgIpc) is 2.25. The second kappa shape index (κ2) is 6.91. The predicted molar refractivity (Wildman–Crippen MR) is 69.4 cm³/mol. The van der Waals surface area contributed by atoms with Crippen molar-refractivity contribution >= 4 is 11.8 Å². The fourth-order valence-corrected chi connectivity index (χ4v) is 2.29. The van der Waals surface area contributed by atoms with Crippen LogP contribution in [-0.2, 0) is 0 Å². The number of unbranched alkanes of at least 4 members (excludes halogenated alkanes) is 1. The Morgan fingerprint density at radius 3 is 2.53 bits per heavy atom. The number of benzene rings is 1. The molecule has 1 aromatic carbocycles. The van der Waals surface area contributed by atoms with E-state index in [1.807, 2.05) is 11.8 Å². The topological polar surface area (TPSA) is 26.0 Å². The zero-order chi connectivity index (χ0) is 11.1. The van der Waals surface area contributed by atoms with Gasteiger partial charge in [-0.25, -0.2) is 0 Å². The van der Waals surface area contributed by atoms with Crippen molar-refractivity contribution in [1.82, 2.24) is 0 Å². The molecule has 2 heteroatoms. The van der Waals surface area contributed by atoms with Gasteiger partial charge >= 0.3 is 0 Å². The lowest BCUT2D eigenvalue weighted by Crippen LogP contribution is -2.22. The van der Waals surface area contributed by atoms with Crippen LogP contribution in [0.4, 0.5) is 0 Å². The van der Waals surface area contributed by atoms with Crippen LogP contribution >= 0.6 is 11.8 Å². The fraction of sp³-hybridized carbons (Fsp3) is 0.538. The predicted octanol–water partition coefficient (Wildman–Crippen LogP) is 3.60. The molecule has 0 saturated carbocycles. The van der Waals surface area contributed by atoms with Gasteiger partial charge in [-0.05, 0) is 25.5 Å². The quantitative estimate of drug-likeness (QED) is 0.746. The van der Waals surface area contributed by atoms with Gasteiger partial charge in [0.15, 0.2) is 0 Å². The summed E-state index contributed by atoms with van der Waals surface area (Å²) in [4.78, 5) is 1.33. The number of rotatable bonds is 6. The van der Waals surface area contributed by atoms with E-state index in [4.69, 9.17) is 5.73 Å². The minimum absolute atomic E-state index is 0.344. The molecule has 84 valence electrons. The molecule has 15 heavy (non-hydrogen) atoms. The maximum atomic E-state index is 6.02. The molecule has 0 radical (unpaired) electrons. The van der Waals surface area contributed by atoms with Crippen LogP contribution in [0.3, 0.4) is 0 Å². The maximum absolute atomic E-state index is 6.02. The summed E-state index contributed by atoms with van der Waals surface area (Å²) in [7, 11) is 0. The number of hydrogen-bond acceptors (Lipinski definition) is 2. The van der Waals surface area contributed by atoms with E-state index in [9.17, 15) is 0 Å². The van der Waals surface area contributed by atoms with Crippen LogP contribution < -0.4 is 5.73 Å². The first-order valence-corrected chi connectivity index (χ1v) is 6.66. The van der Waals surface area contributed by atoms with E-state index >= 15 is 0 Å². The number of aryl methyl sites for hydroxylation is 1. The van der Waals surface area contributed by atoms with Gasteiger partial charge in [-0.2, -0.15) is 0 Å². The summed E-state index contributed by atoms with van der Waals surface area (Å²) in [6.45, 7) is 4.32. The molecular weight excluding hydrogens is 202 g/mol. The molecule has 0 spiro atoms. The van der Waals surface area contributed by atoms with Gasteiger partial charge in [0.2, 0.25) is 0 Å². The van der Waals surface area contributed by atoms with E-state index in [1.54, 1.807) is 0 Å². The Balaban J connectivity index is 2.27. The third-order valence-corrected chi connectivity index (χ3v) is 3.61. The summed E-state index contributed by atoms with van der Waals surface area (Å²) in [5.74, 6) is 1.03. The second-order valence-electron chi connectivity index (χ2n) is 4.03. The molecule has 0 aromatic heterocycles. The van der Waals surface area contributed by atoms with Crippen LogP contribution in [0, 0.1) is 6.92 Å². The van der Waals surface area contributed by atoms with Crippen molar-refractivity contribution in [2.75, 3.05) is 5.75 Å². The SMILES string of the molecule is CCCCC(N)CSc1ccc(C)cc1. The molecule has 0 aliphatic carbocycles. The smallest absolute Gasteiger partial charge is 0.0133 e. The molecule has 0 aliphatic rings. The van der Waals surface area contributed by atoms with Gasteiger partial charge < -0.3 is 5.73 Å². The Labute approximate surface area is 97.4 Å². The number of nitrogens with two attached hydrogens (primary N) is 1. The van der Waals surface area contributed by atoms with Crippen molar-refractivity contribution in [2.45, 2.75) is 44.0 Å². The van der Waals surface area contributed by atoms with Gasteiger partial charge in [0.1, 0.15) is 0 Å². The molecule has 1 unspecified atom stereocenters. The first kappa shape index (κ1) is 12.6. The van der Waals surface area contributed by atoms with Crippen molar-refractivity contribution in [3.05, 3.63) is 29.8 Å². The Bertz CT molecular complexity index is 268. The highest BCUT2D eigenvalue weighted by molar-refractivity contribution is 7.99. The van der Waals surface area contributed by atoms with Gasteiger partial charge in [-0.15, -0.1) is 11.8 Å². The Kier molecular flexibility index (Phi) is 5.81. The minimum Gasteiger partial charge on any atom is -0.327 e. The molecule has 0 saturated heterocycles. The van der Waals surface area contributed by atoms with E-state index in [0.29, 0.717) is 6.04 Å². The third-order valence-electron chi connectivity index (χ3n) is 2.41. The van der Waals surface area contributed by atoms with Crippen molar-refractivity contribution in [3.8, 4) is 0 Å². The van der Waals surface area contributed by atoms with Crippen molar-refractivity contribution in [3.63, 3.8) is 0 Å². The number of hydrogen-bond donors (Lipinski definition) is 1. The molecular formula is C13H21NS. The molecule has 0 amide bonds. The van der Waals surface area contributed by atoms with Crippen LogP contribution in [0.25, 0.3) is 0 Å². The van der Waals surface area contributed by atoms with Gasteiger partial charge in [0.25, 0.3) is 0 Å². The normalized spacial score (nSPS) is 12.7. The number of thioether (sulfide) groups is 1. The summed E-state index contributed by atoms with van der Waals surface area (Å²) in [5, 5.41) is 0. The molecule has 1 rings (SSSR count). The highest BCUT2D eigenvalue weighted by Crippen LogP contribution is 2.19. The zero-order valence-electron chi connectivity index (χ0n) is 9.70. The highest BCUT2D eigenvalue weighted by Gasteiger charge is 2.02. The summed E-state index contributed by atoms with van der Waals surface area (Å²) in [6.07, 6.45) is 3.63. The van der Waals surface area contributed by atoms with Crippen LogP contribution in [0.5, 0.6) is 0 Å². The molecule has 0 heterocycles. The highest BCUT2D eigenvalue weighted by atomic mass is 32.2. The molecule has 1 atom stereocenters. The van der Waals surface area contributed by atoms with Crippen LogP contribution in [-0.4, -0.2) is 11.8 Å². The van der Waals surface area contributed by atoms with Crippen LogP contribution in [0.15, 0.2) is 29.2 Å². The lowest BCUT2D eigenvalue weighted by molar-refractivity contribution is 0.622. The van der Waals surface area contributed by atoms with Crippen molar-refractivity contribution in [1.29, 1.82) is 0 Å². The summed E-state index contributed by atoms with van der Waals surface area (Å²) < 4.78 is 0. The average molecular weight is 223 g/mol. The van der Waals surface area contributed by atoms with Crippen LogP contribution in [0.1, 0.15) is 31.7 Å². The van der Waals surface area contributed by atoms with E-state index in [-0.39, 0.29) is 0 Å². The minimum atomic E-state index is 0.344.